The molecule has 4 rings (SSSR count). The number of likely N-dealkylation sites (tertiary alicyclic amines) is 1. The molecule has 1 N–H and O–H groups in total. The van der Waals surface area contributed by atoms with Crippen molar-refractivity contribution in [3.63, 3.8) is 0 Å². The summed E-state index contributed by atoms with van der Waals surface area (Å²) in [5.74, 6) is -0.0993. The lowest BCUT2D eigenvalue weighted by Gasteiger charge is -2.24. The zero-order valence-electron chi connectivity index (χ0n) is 16.4. The summed E-state index contributed by atoms with van der Waals surface area (Å²) in [6, 6.07) is 15.8. The standard InChI is InChI=1S/C22H23N3O3S2/c26-22(25-15-3-7-21(25)20-6-1-2-13-23-20)17-8-10-19(11-9-17)30(27,28)24-14-12-18-5-4-16-29-18/h1-2,4-6,8-11,13,16,21,24H,3,7,12,14-15H2. The lowest BCUT2D eigenvalue weighted by Crippen LogP contribution is -2.31. The number of aromatic nitrogens is 1. The number of carbonyl (C=O) groups is 1. The third kappa shape index (κ3) is 4.61. The molecule has 1 aliphatic heterocycles. The predicted octanol–water partition coefficient (Wildman–Crippen LogP) is 3.64. The van der Waals surface area contributed by atoms with E-state index < -0.39 is 10.0 Å². The summed E-state index contributed by atoms with van der Waals surface area (Å²) >= 11 is 1.60. The average Bonchev–Trinajstić information content (AvgIpc) is 3.46. The number of hydrogen-bond donors (Lipinski definition) is 1. The van der Waals surface area contributed by atoms with Gasteiger partial charge in [-0.3, -0.25) is 9.78 Å². The van der Waals surface area contributed by atoms with Crippen molar-refractivity contribution in [1.29, 1.82) is 0 Å². The first-order valence-corrected chi connectivity index (χ1v) is 12.2. The normalized spacial score (nSPS) is 16.7. The Morgan fingerprint density at radius 2 is 1.97 bits per heavy atom. The maximum absolute atomic E-state index is 13.0. The molecule has 0 aliphatic carbocycles. The fourth-order valence-electron chi connectivity index (χ4n) is 3.68. The van der Waals surface area contributed by atoms with Crippen LogP contribution in [0.25, 0.3) is 0 Å². The van der Waals surface area contributed by atoms with Gasteiger partial charge in [0.15, 0.2) is 0 Å². The Kier molecular flexibility index (Phi) is 6.26. The summed E-state index contributed by atoms with van der Waals surface area (Å²) in [7, 11) is -3.61. The van der Waals surface area contributed by atoms with Crippen LogP contribution >= 0.6 is 11.3 Å². The molecule has 1 unspecified atom stereocenters. The summed E-state index contributed by atoms with van der Waals surface area (Å²) < 4.78 is 27.7. The average molecular weight is 442 g/mol. The zero-order valence-corrected chi connectivity index (χ0v) is 18.0. The summed E-state index contributed by atoms with van der Waals surface area (Å²) in [6.45, 7) is 1.01. The highest BCUT2D eigenvalue weighted by atomic mass is 32.2. The minimum Gasteiger partial charge on any atom is -0.330 e. The van der Waals surface area contributed by atoms with E-state index in [0.717, 1.165) is 23.4 Å². The second-order valence-corrected chi connectivity index (χ2v) is 9.96. The molecular formula is C22H23N3O3S2. The topological polar surface area (TPSA) is 79.4 Å². The number of nitrogens with zero attached hydrogens (tertiary/aromatic N) is 2. The molecule has 0 radical (unpaired) electrons. The molecule has 0 spiro atoms. The maximum Gasteiger partial charge on any atom is 0.254 e. The zero-order chi connectivity index (χ0) is 21.0. The second kappa shape index (κ2) is 9.07. The van der Waals surface area contributed by atoms with Crippen molar-refractivity contribution >= 4 is 27.3 Å². The van der Waals surface area contributed by atoms with Gasteiger partial charge in [-0.1, -0.05) is 12.1 Å². The molecule has 30 heavy (non-hydrogen) atoms. The molecule has 2 aromatic heterocycles. The van der Waals surface area contributed by atoms with E-state index in [4.69, 9.17) is 0 Å². The van der Waals surface area contributed by atoms with Gasteiger partial charge in [-0.05, 0) is 67.1 Å². The van der Waals surface area contributed by atoms with Gasteiger partial charge in [-0.2, -0.15) is 0 Å². The number of carbonyl (C=O) groups excluding carboxylic acids is 1. The van der Waals surface area contributed by atoms with E-state index in [1.807, 2.05) is 40.6 Å². The summed E-state index contributed by atoms with van der Waals surface area (Å²) in [5, 5.41) is 1.97. The third-order valence-electron chi connectivity index (χ3n) is 5.20. The van der Waals surface area contributed by atoms with E-state index in [2.05, 4.69) is 9.71 Å². The van der Waals surface area contributed by atoms with Crippen LogP contribution in [0.2, 0.25) is 0 Å². The molecule has 1 atom stereocenters. The number of nitrogens with one attached hydrogen (secondary N) is 1. The summed E-state index contributed by atoms with van der Waals surface area (Å²) in [5.41, 5.74) is 1.37. The Bertz CT molecular complexity index is 1080. The minimum absolute atomic E-state index is 0.0407. The van der Waals surface area contributed by atoms with Crippen molar-refractivity contribution in [3.05, 3.63) is 82.3 Å². The molecule has 3 heterocycles. The summed E-state index contributed by atoms with van der Waals surface area (Å²) in [6.07, 6.45) is 4.19. The molecule has 1 saturated heterocycles. The first-order chi connectivity index (χ1) is 14.5. The molecule has 156 valence electrons. The number of benzene rings is 1. The monoisotopic (exact) mass is 441 g/mol. The predicted molar refractivity (Wildman–Crippen MR) is 117 cm³/mol. The quantitative estimate of drug-likeness (QED) is 0.607. The molecule has 1 amide bonds. The van der Waals surface area contributed by atoms with E-state index in [9.17, 15) is 13.2 Å². The van der Waals surface area contributed by atoms with Crippen LogP contribution in [-0.2, 0) is 16.4 Å². The summed E-state index contributed by atoms with van der Waals surface area (Å²) in [4.78, 5) is 20.5. The third-order valence-corrected chi connectivity index (χ3v) is 7.61. The largest absolute Gasteiger partial charge is 0.330 e. The SMILES string of the molecule is O=C(c1ccc(S(=O)(=O)NCCc2cccs2)cc1)N1CCCC1c1ccccn1. The number of sulfonamides is 1. The molecule has 1 aromatic carbocycles. The fraction of sp³-hybridized carbons (Fsp3) is 0.273. The first kappa shape index (κ1) is 20.7. The van der Waals surface area contributed by atoms with Crippen LogP contribution < -0.4 is 4.72 Å². The van der Waals surface area contributed by atoms with Crippen molar-refractivity contribution in [2.45, 2.75) is 30.2 Å². The van der Waals surface area contributed by atoms with E-state index in [0.29, 0.717) is 25.1 Å². The highest BCUT2D eigenvalue weighted by Gasteiger charge is 2.31. The number of rotatable bonds is 7. The van der Waals surface area contributed by atoms with E-state index in [-0.39, 0.29) is 16.8 Å². The smallest absolute Gasteiger partial charge is 0.254 e. The Hall–Kier alpha value is -2.55. The molecule has 8 heteroatoms. The Morgan fingerprint density at radius 3 is 2.67 bits per heavy atom. The number of hydrogen-bond acceptors (Lipinski definition) is 5. The van der Waals surface area contributed by atoms with Gasteiger partial charge in [0, 0.05) is 29.7 Å². The molecule has 6 nitrogen and oxygen atoms in total. The van der Waals surface area contributed by atoms with Crippen molar-refractivity contribution in [2.75, 3.05) is 13.1 Å². The number of pyridine rings is 1. The van der Waals surface area contributed by atoms with Crippen LogP contribution in [-0.4, -0.2) is 37.3 Å². The molecule has 1 aliphatic rings. The molecule has 1 fully saturated rings. The van der Waals surface area contributed by atoms with Gasteiger partial charge < -0.3 is 4.90 Å². The van der Waals surface area contributed by atoms with Gasteiger partial charge in [0.2, 0.25) is 10.0 Å². The van der Waals surface area contributed by atoms with Crippen LogP contribution in [0.1, 0.15) is 39.8 Å². The van der Waals surface area contributed by atoms with Gasteiger partial charge in [0.05, 0.1) is 16.6 Å². The Balaban J connectivity index is 1.43. The van der Waals surface area contributed by atoms with Crippen LogP contribution in [0.3, 0.4) is 0 Å². The fourth-order valence-corrected chi connectivity index (χ4v) is 5.42. The first-order valence-electron chi connectivity index (χ1n) is 9.88. The number of thiophene rings is 1. The molecule has 3 aromatic rings. The van der Waals surface area contributed by atoms with E-state index in [1.54, 1.807) is 29.7 Å². The van der Waals surface area contributed by atoms with E-state index in [1.165, 1.54) is 12.1 Å². The lowest BCUT2D eigenvalue weighted by molar-refractivity contribution is 0.0733. The van der Waals surface area contributed by atoms with Crippen LogP contribution in [0.5, 0.6) is 0 Å². The van der Waals surface area contributed by atoms with Crippen molar-refractivity contribution in [1.82, 2.24) is 14.6 Å². The van der Waals surface area contributed by atoms with Gasteiger partial charge in [-0.15, -0.1) is 11.3 Å². The molecule has 0 saturated carbocycles. The Morgan fingerprint density at radius 1 is 1.13 bits per heavy atom. The van der Waals surface area contributed by atoms with E-state index >= 15 is 0 Å². The second-order valence-electron chi connectivity index (χ2n) is 7.16. The maximum atomic E-state index is 13.0. The van der Waals surface area contributed by atoms with Gasteiger partial charge >= 0.3 is 0 Å². The van der Waals surface area contributed by atoms with Crippen molar-refractivity contribution in [3.8, 4) is 0 Å². The van der Waals surface area contributed by atoms with Crippen molar-refractivity contribution < 1.29 is 13.2 Å². The van der Waals surface area contributed by atoms with Gasteiger partial charge in [-0.25, -0.2) is 13.1 Å². The highest BCUT2D eigenvalue weighted by molar-refractivity contribution is 7.89. The van der Waals surface area contributed by atoms with Crippen molar-refractivity contribution in [2.24, 2.45) is 0 Å². The number of amides is 1. The van der Waals surface area contributed by atoms with Crippen LogP contribution in [0.15, 0.2) is 71.1 Å². The molecular weight excluding hydrogens is 418 g/mol. The van der Waals surface area contributed by atoms with Crippen LogP contribution in [0.4, 0.5) is 0 Å². The lowest BCUT2D eigenvalue weighted by atomic mass is 10.1. The molecule has 0 bridgehead atoms. The minimum atomic E-state index is -3.61. The van der Waals surface area contributed by atoms with Gasteiger partial charge in [0.1, 0.15) is 0 Å². The Labute approximate surface area is 180 Å². The van der Waals surface area contributed by atoms with Gasteiger partial charge in [0.25, 0.3) is 5.91 Å². The highest BCUT2D eigenvalue weighted by Crippen LogP contribution is 2.32. The van der Waals surface area contributed by atoms with Crippen LogP contribution in [0, 0.1) is 0 Å².